The fraction of sp³-hybridized carbons (Fsp3) is 0.133. The van der Waals surface area contributed by atoms with Gasteiger partial charge in [0, 0.05) is 10.5 Å². The zero-order chi connectivity index (χ0) is 15.7. The molecule has 0 atom stereocenters. The van der Waals surface area contributed by atoms with Crippen LogP contribution in [0.2, 0.25) is 0 Å². The second-order valence-corrected chi connectivity index (χ2v) is 5.48. The Morgan fingerprint density at radius 2 is 2.09 bits per heavy atom. The second kappa shape index (κ2) is 5.76. The zero-order valence-electron chi connectivity index (χ0n) is 11.7. The van der Waals surface area contributed by atoms with Crippen molar-refractivity contribution in [3.05, 3.63) is 56.9 Å². The smallest absolute Gasteiger partial charge is 0.343 e. The highest BCUT2D eigenvalue weighted by atomic mass is 79.9. The van der Waals surface area contributed by atoms with Gasteiger partial charge in [-0.15, -0.1) is 0 Å². The molecule has 6 nitrogen and oxygen atoms in total. The molecule has 1 aromatic carbocycles. The Morgan fingerprint density at radius 1 is 1.36 bits per heavy atom. The molecule has 3 aromatic rings. The first-order chi connectivity index (χ1) is 10.6. The molecule has 0 fully saturated rings. The van der Waals surface area contributed by atoms with Gasteiger partial charge in [0.15, 0.2) is 5.65 Å². The summed E-state index contributed by atoms with van der Waals surface area (Å²) in [7, 11) is 0. The molecule has 7 heteroatoms. The minimum atomic E-state index is -0.513. The average Bonchev–Trinajstić information content (AvgIpc) is 2.92. The van der Waals surface area contributed by atoms with Gasteiger partial charge in [0.2, 0.25) is 0 Å². The van der Waals surface area contributed by atoms with Crippen molar-refractivity contribution in [3.8, 4) is 11.3 Å². The fourth-order valence-electron chi connectivity index (χ4n) is 2.13. The van der Waals surface area contributed by atoms with Crippen molar-refractivity contribution < 1.29 is 9.53 Å². The van der Waals surface area contributed by atoms with Crippen LogP contribution >= 0.6 is 15.9 Å². The summed E-state index contributed by atoms with van der Waals surface area (Å²) in [5.41, 5.74) is 1.68. The van der Waals surface area contributed by atoms with Crippen LogP contribution in [0, 0.1) is 0 Å². The van der Waals surface area contributed by atoms with Crippen molar-refractivity contribution in [3.63, 3.8) is 0 Å². The Morgan fingerprint density at radius 3 is 2.77 bits per heavy atom. The van der Waals surface area contributed by atoms with Gasteiger partial charge in [0.05, 0.1) is 18.5 Å². The molecule has 2 heterocycles. The van der Waals surface area contributed by atoms with Crippen LogP contribution in [-0.4, -0.2) is 27.2 Å². The molecule has 0 unspecified atom stereocenters. The number of halogens is 1. The van der Waals surface area contributed by atoms with Crippen molar-refractivity contribution >= 4 is 27.5 Å². The van der Waals surface area contributed by atoms with Crippen LogP contribution < -0.4 is 5.56 Å². The zero-order valence-corrected chi connectivity index (χ0v) is 13.3. The van der Waals surface area contributed by atoms with E-state index in [9.17, 15) is 9.59 Å². The normalized spacial score (nSPS) is 10.8. The Labute approximate surface area is 133 Å². The summed E-state index contributed by atoms with van der Waals surface area (Å²) >= 11 is 3.37. The Balaban J connectivity index is 2.17. The molecule has 0 aliphatic rings. The first kappa shape index (κ1) is 14.5. The molecule has 0 bridgehead atoms. The maximum absolute atomic E-state index is 12.2. The maximum Gasteiger partial charge on any atom is 0.343 e. The lowest BCUT2D eigenvalue weighted by atomic mass is 10.1. The molecule has 0 radical (unpaired) electrons. The average molecular weight is 362 g/mol. The molecule has 0 aliphatic heterocycles. The van der Waals surface area contributed by atoms with E-state index in [-0.39, 0.29) is 17.7 Å². The van der Waals surface area contributed by atoms with E-state index in [1.165, 1.54) is 12.3 Å². The number of H-pyrrole nitrogens is 1. The third kappa shape index (κ3) is 2.55. The lowest BCUT2D eigenvalue weighted by molar-refractivity contribution is 0.0528. The van der Waals surface area contributed by atoms with E-state index in [1.54, 1.807) is 6.92 Å². The van der Waals surface area contributed by atoms with Crippen LogP contribution in [0.4, 0.5) is 0 Å². The second-order valence-electron chi connectivity index (χ2n) is 4.57. The topological polar surface area (TPSA) is 76.5 Å². The van der Waals surface area contributed by atoms with Gasteiger partial charge in [-0.25, -0.2) is 4.79 Å². The monoisotopic (exact) mass is 361 g/mol. The van der Waals surface area contributed by atoms with E-state index in [0.29, 0.717) is 11.3 Å². The number of carbonyl (C=O) groups excluding carboxylic acids is 1. The largest absolute Gasteiger partial charge is 0.462 e. The van der Waals surface area contributed by atoms with Gasteiger partial charge < -0.3 is 9.72 Å². The predicted octanol–water partition coefficient (Wildman–Crippen LogP) is 2.63. The van der Waals surface area contributed by atoms with E-state index in [0.717, 1.165) is 14.6 Å². The van der Waals surface area contributed by atoms with Gasteiger partial charge in [-0.05, 0) is 24.6 Å². The number of benzene rings is 1. The summed E-state index contributed by atoms with van der Waals surface area (Å²) in [6, 6.07) is 8.93. The predicted molar refractivity (Wildman–Crippen MR) is 84.9 cm³/mol. The summed E-state index contributed by atoms with van der Waals surface area (Å²) in [5, 5.41) is 3.94. The number of rotatable bonds is 3. The van der Waals surface area contributed by atoms with Crippen LogP contribution in [0.15, 0.2) is 45.8 Å². The van der Waals surface area contributed by atoms with Crippen LogP contribution in [-0.2, 0) is 4.74 Å². The number of carbonyl (C=O) groups is 1. The van der Waals surface area contributed by atoms with E-state index in [2.05, 4.69) is 26.0 Å². The number of ether oxygens (including phenoxy) is 1. The molecule has 2 aromatic heterocycles. The molecule has 22 heavy (non-hydrogen) atoms. The van der Waals surface area contributed by atoms with E-state index >= 15 is 0 Å². The molecule has 1 N–H and O–H groups in total. The van der Waals surface area contributed by atoms with Crippen LogP contribution in [0.25, 0.3) is 16.9 Å². The highest BCUT2D eigenvalue weighted by Gasteiger charge is 2.16. The molecule has 0 saturated heterocycles. The molecule has 3 rings (SSSR count). The van der Waals surface area contributed by atoms with Gasteiger partial charge in [0.1, 0.15) is 5.56 Å². The summed E-state index contributed by atoms with van der Waals surface area (Å²) < 4.78 is 7.06. The number of esters is 1. The van der Waals surface area contributed by atoms with Crippen molar-refractivity contribution in [2.24, 2.45) is 0 Å². The molecular weight excluding hydrogens is 350 g/mol. The SMILES string of the molecule is CCOC(=O)c1cnn2c(=O)cc(-c3ccc(Br)cc3)[nH]c12. The first-order valence-corrected chi connectivity index (χ1v) is 7.43. The minimum Gasteiger partial charge on any atom is -0.462 e. The number of hydrogen-bond acceptors (Lipinski definition) is 4. The van der Waals surface area contributed by atoms with Crippen LogP contribution in [0.3, 0.4) is 0 Å². The molecule has 0 aliphatic carbocycles. The molecule has 0 amide bonds. The van der Waals surface area contributed by atoms with Crippen LogP contribution in [0.5, 0.6) is 0 Å². The molecule has 0 spiro atoms. The number of hydrogen-bond donors (Lipinski definition) is 1. The fourth-order valence-corrected chi connectivity index (χ4v) is 2.39. The molecule has 0 saturated carbocycles. The quantitative estimate of drug-likeness (QED) is 0.727. The van der Waals surface area contributed by atoms with Crippen molar-refractivity contribution in [2.45, 2.75) is 6.92 Å². The summed E-state index contributed by atoms with van der Waals surface area (Å²) in [4.78, 5) is 27.1. The van der Waals surface area contributed by atoms with Gasteiger partial charge in [-0.2, -0.15) is 9.61 Å². The van der Waals surface area contributed by atoms with Crippen molar-refractivity contribution in [1.29, 1.82) is 0 Å². The third-order valence-corrected chi connectivity index (χ3v) is 3.68. The summed E-state index contributed by atoms with van der Waals surface area (Å²) in [6.45, 7) is 1.98. The Hall–Kier alpha value is -2.41. The van der Waals surface area contributed by atoms with Gasteiger partial charge >= 0.3 is 5.97 Å². The first-order valence-electron chi connectivity index (χ1n) is 6.64. The standard InChI is InChI=1S/C15H12BrN3O3/c1-2-22-15(21)11-8-17-19-13(20)7-12(18-14(11)19)9-3-5-10(16)6-4-9/h3-8,18H,2H2,1H3. The van der Waals surface area contributed by atoms with Gasteiger partial charge in [-0.1, -0.05) is 28.1 Å². The highest BCUT2D eigenvalue weighted by Crippen LogP contribution is 2.20. The maximum atomic E-state index is 12.2. The minimum absolute atomic E-state index is 0.234. The van der Waals surface area contributed by atoms with E-state index < -0.39 is 5.97 Å². The van der Waals surface area contributed by atoms with Gasteiger partial charge in [-0.3, -0.25) is 4.79 Å². The summed E-state index contributed by atoms with van der Waals surface area (Å²) in [5.74, 6) is -0.513. The highest BCUT2D eigenvalue weighted by molar-refractivity contribution is 9.10. The number of nitrogens with one attached hydrogen (secondary N) is 1. The summed E-state index contributed by atoms with van der Waals surface area (Å²) in [6.07, 6.45) is 1.33. The van der Waals surface area contributed by atoms with E-state index in [1.807, 2.05) is 24.3 Å². The van der Waals surface area contributed by atoms with E-state index in [4.69, 9.17) is 4.74 Å². The number of aromatic nitrogens is 3. The lowest BCUT2D eigenvalue weighted by Gasteiger charge is -2.04. The van der Waals surface area contributed by atoms with Gasteiger partial charge in [0.25, 0.3) is 5.56 Å². The Kier molecular flexibility index (Phi) is 3.81. The Bertz CT molecular complexity index is 897. The lowest BCUT2D eigenvalue weighted by Crippen LogP contribution is -2.15. The number of fused-ring (bicyclic) bond motifs is 1. The number of aromatic amines is 1. The van der Waals surface area contributed by atoms with Crippen molar-refractivity contribution in [1.82, 2.24) is 14.6 Å². The van der Waals surface area contributed by atoms with Crippen LogP contribution in [0.1, 0.15) is 17.3 Å². The molecule has 112 valence electrons. The molecular formula is C15H12BrN3O3. The van der Waals surface area contributed by atoms with Crippen molar-refractivity contribution in [2.75, 3.05) is 6.61 Å². The third-order valence-electron chi connectivity index (χ3n) is 3.15. The number of nitrogens with zero attached hydrogens (tertiary/aromatic N) is 2.